The van der Waals surface area contributed by atoms with E-state index in [1.54, 1.807) is 23.0 Å². The molecule has 4 rings (SSSR count). The third-order valence-corrected chi connectivity index (χ3v) is 4.70. The van der Waals surface area contributed by atoms with Crippen LogP contribution in [-0.2, 0) is 6.61 Å². The summed E-state index contributed by atoms with van der Waals surface area (Å²) in [4.78, 5) is 0. The Morgan fingerprint density at radius 1 is 1.03 bits per heavy atom. The van der Waals surface area contributed by atoms with Crippen LogP contribution in [0, 0.1) is 4.77 Å². The molecule has 4 aromatic rings. The van der Waals surface area contributed by atoms with Crippen molar-refractivity contribution in [2.45, 2.75) is 6.61 Å². The van der Waals surface area contributed by atoms with Gasteiger partial charge in [0.25, 0.3) is 0 Å². The summed E-state index contributed by atoms with van der Waals surface area (Å²) in [5.41, 5.74) is 2.86. The number of hydrogen-bond acceptors (Lipinski definition) is 4. The maximum atomic E-state index is 5.97. The van der Waals surface area contributed by atoms with Crippen molar-refractivity contribution in [1.82, 2.24) is 14.9 Å². The second-order valence-corrected chi connectivity index (χ2v) is 7.09. The van der Waals surface area contributed by atoms with Gasteiger partial charge in [0, 0.05) is 10.6 Å². The van der Waals surface area contributed by atoms with Crippen LogP contribution in [0.1, 0.15) is 11.1 Å². The summed E-state index contributed by atoms with van der Waals surface area (Å²) >= 11 is 11.3. The molecule has 0 aliphatic rings. The SMILES string of the molecule is S=c1[nH]nc(-c2ccc(Cl)cc2)n1/N=C/c1cccc(OCc2ccccc2)c1. The van der Waals surface area contributed by atoms with E-state index in [1.165, 1.54) is 0 Å². The fourth-order valence-electron chi connectivity index (χ4n) is 2.73. The molecule has 0 bridgehead atoms. The van der Waals surface area contributed by atoms with Gasteiger partial charge in [-0.15, -0.1) is 0 Å². The van der Waals surface area contributed by atoms with E-state index in [9.17, 15) is 0 Å². The second-order valence-electron chi connectivity index (χ2n) is 6.26. The van der Waals surface area contributed by atoms with E-state index in [-0.39, 0.29) is 0 Å². The van der Waals surface area contributed by atoms with E-state index in [2.05, 4.69) is 15.3 Å². The fraction of sp³-hybridized carbons (Fsp3) is 0.0455. The van der Waals surface area contributed by atoms with Crippen molar-refractivity contribution in [2.75, 3.05) is 0 Å². The summed E-state index contributed by atoms with van der Waals surface area (Å²) in [7, 11) is 0. The van der Waals surface area contributed by atoms with E-state index in [4.69, 9.17) is 28.6 Å². The molecule has 0 aliphatic heterocycles. The van der Waals surface area contributed by atoms with Gasteiger partial charge in [0.15, 0.2) is 5.82 Å². The lowest BCUT2D eigenvalue weighted by molar-refractivity contribution is 0.306. The Morgan fingerprint density at radius 2 is 1.83 bits per heavy atom. The highest BCUT2D eigenvalue weighted by molar-refractivity contribution is 7.71. The normalized spacial score (nSPS) is 11.1. The number of nitrogens with one attached hydrogen (secondary N) is 1. The highest BCUT2D eigenvalue weighted by Crippen LogP contribution is 2.20. The Hall–Kier alpha value is -3.22. The maximum Gasteiger partial charge on any atom is 0.216 e. The highest BCUT2D eigenvalue weighted by atomic mass is 35.5. The third kappa shape index (κ3) is 4.80. The fourth-order valence-corrected chi connectivity index (χ4v) is 3.04. The Labute approximate surface area is 178 Å². The van der Waals surface area contributed by atoms with Crippen LogP contribution in [-0.4, -0.2) is 21.1 Å². The van der Waals surface area contributed by atoms with Gasteiger partial charge in [0.1, 0.15) is 12.4 Å². The molecule has 0 fully saturated rings. The molecule has 0 spiro atoms. The molecule has 0 atom stereocenters. The quantitative estimate of drug-likeness (QED) is 0.320. The summed E-state index contributed by atoms with van der Waals surface area (Å²) in [6.07, 6.45) is 1.72. The molecule has 144 valence electrons. The molecule has 0 saturated carbocycles. The number of rotatable bonds is 6. The number of hydrogen-bond donors (Lipinski definition) is 1. The summed E-state index contributed by atoms with van der Waals surface area (Å²) in [5, 5.41) is 12.2. The summed E-state index contributed by atoms with van der Waals surface area (Å²) in [6, 6.07) is 25.1. The van der Waals surface area contributed by atoms with Crippen LogP contribution in [0.15, 0.2) is 84.0 Å². The predicted octanol–water partition coefficient (Wildman–Crippen LogP) is 5.72. The van der Waals surface area contributed by atoms with Crippen molar-refractivity contribution < 1.29 is 4.74 Å². The first-order chi connectivity index (χ1) is 14.2. The molecule has 5 nitrogen and oxygen atoms in total. The largest absolute Gasteiger partial charge is 0.489 e. The molecule has 29 heavy (non-hydrogen) atoms. The Morgan fingerprint density at radius 3 is 2.62 bits per heavy atom. The number of nitrogens with zero attached hydrogens (tertiary/aromatic N) is 3. The highest BCUT2D eigenvalue weighted by Gasteiger charge is 2.08. The van der Waals surface area contributed by atoms with Gasteiger partial charge in [-0.25, -0.2) is 5.10 Å². The summed E-state index contributed by atoms with van der Waals surface area (Å²) < 4.78 is 7.86. The van der Waals surface area contributed by atoms with Gasteiger partial charge in [-0.05, 0) is 59.7 Å². The van der Waals surface area contributed by atoms with Crippen molar-refractivity contribution >= 4 is 30.0 Å². The Balaban J connectivity index is 1.53. The van der Waals surface area contributed by atoms with Crippen LogP contribution in [0.25, 0.3) is 11.4 Å². The first-order valence-corrected chi connectivity index (χ1v) is 9.72. The number of benzene rings is 3. The standard InChI is InChI=1S/C22H17ClN4OS/c23-19-11-9-18(10-12-19)21-25-26-22(29)27(21)24-14-17-7-4-8-20(13-17)28-15-16-5-2-1-3-6-16/h1-14H,15H2,(H,26,29)/b24-14+. The zero-order chi connectivity index (χ0) is 20.1. The number of ether oxygens (including phenoxy) is 1. The number of H-pyrrole nitrogens is 1. The second kappa shape index (κ2) is 8.86. The van der Waals surface area contributed by atoms with Gasteiger partial charge in [0.05, 0.1) is 6.21 Å². The molecule has 1 aromatic heterocycles. The van der Waals surface area contributed by atoms with Crippen molar-refractivity contribution in [3.8, 4) is 17.1 Å². The topological polar surface area (TPSA) is 55.2 Å². The molecule has 3 aromatic carbocycles. The molecular formula is C22H17ClN4OS. The first-order valence-electron chi connectivity index (χ1n) is 8.93. The van der Waals surface area contributed by atoms with Gasteiger partial charge in [-0.3, -0.25) is 0 Å². The lowest BCUT2D eigenvalue weighted by Crippen LogP contribution is -1.97. The van der Waals surface area contributed by atoms with Crippen molar-refractivity contribution in [2.24, 2.45) is 5.10 Å². The van der Waals surface area contributed by atoms with E-state index >= 15 is 0 Å². The minimum Gasteiger partial charge on any atom is -0.489 e. The van der Waals surface area contributed by atoms with Gasteiger partial charge >= 0.3 is 0 Å². The van der Waals surface area contributed by atoms with Gasteiger partial charge in [-0.2, -0.15) is 14.9 Å². The number of halogens is 1. The van der Waals surface area contributed by atoms with Gasteiger partial charge < -0.3 is 4.74 Å². The Bertz CT molecular complexity index is 1180. The van der Waals surface area contributed by atoms with Crippen molar-refractivity contribution in [3.63, 3.8) is 0 Å². The monoisotopic (exact) mass is 420 g/mol. The smallest absolute Gasteiger partial charge is 0.216 e. The molecule has 1 N–H and O–H groups in total. The van der Waals surface area contributed by atoms with Crippen molar-refractivity contribution in [3.05, 3.63) is 99.8 Å². The van der Waals surface area contributed by atoms with Crippen LogP contribution in [0.3, 0.4) is 0 Å². The molecule has 0 radical (unpaired) electrons. The van der Waals surface area contributed by atoms with Crippen LogP contribution < -0.4 is 4.74 Å². The van der Waals surface area contributed by atoms with Crippen LogP contribution in [0.2, 0.25) is 5.02 Å². The molecule has 0 saturated heterocycles. The van der Waals surface area contributed by atoms with Crippen LogP contribution in [0.5, 0.6) is 5.75 Å². The van der Waals surface area contributed by atoms with Crippen LogP contribution in [0.4, 0.5) is 0 Å². The van der Waals surface area contributed by atoms with E-state index in [1.807, 2.05) is 66.7 Å². The predicted molar refractivity (Wildman–Crippen MR) is 118 cm³/mol. The Kier molecular flexibility index (Phi) is 5.84. The average Bonchev–Trinajstić information content (AvgIpc) is 3.13. The molecule has 7 heteroatoms. The average molecular weight is 421 g/mol. The summed E-state index contributed by atoms with van der Waals surface area (Å²) in [6.45, 7) is 0.509. The van der Waals surface area contributed by atoms with Gasteiger partial charge in [-0.1, -0.05) is 54.1 Å². The minimum atomic E-state index is 0.405. The van der Waals surface area contributed by atoms with E-state index < -0.39 is 0 Å². The van der Waals surface area contributed by atoms with Gasteiger partial charge in [0.2, 0.25) is 4.77 Å². The lowest BCUT2D eigenvalue weighted by Gasteiger charge is -2.07. The zero-order valence-electron chi connectivity index (χ0n) is 15.3. The van der Waals surface area contributed by atoms with Crippen LogP contribution >= 0.6 is 23.8 Å². The minimum absolute atomic E-state index is 0.405. The molecule has 0 aliphatic carbocycles. The first kappa shape index (κ1) is 19.1. The zero-order valence-corrected chi connectivity index (χ0v) is 16.9. The molecular weight excluding hydrogens is 404 g/mol. The van der Waals surface area contributed by atoms with E-state index in [0.717, 1.165) is 22.4 Å². The maximum absolute atomic E-state index is 5.97. The summed E-state index contributed by atoms with van der Waals surface area (Å²) in [5.74, 6) is 1.38. The molecule has 0 unspecified atom stereocenters. The van der Waals surface area contributed by atoms with E-state index in [0.29, 0.717) is 22.2 Å². The molecule has 0 amide bonds. The molecule has 1 heterocycles. The third-order valence-electron chi connectivity index (χ3n) is 4.18. The lowest BCUT2D eigenvalue weighted by atomic mass is 10.2. The number of aromatic nitrogens is 3. The van der Waals surface area contributed by atoms with Crippen molar-refractivity contribution in [1.29, 1.82) is 0 Å². The number of aromatic amines is 1.